The summed E-state index contributed by atoms with van der Waals surface area (Å²) in [6, 6.07) is -0.410. The van der Waals surface area contributed by atoms with Crippen LogP contribution in [0.2, 0.25) is 0 Å². The SMILES string of the molecule is O=C(C1CCC(C(F)(F)F)CN1)N1CCCC1. The third-order valence-electron chi connectivity index (χ3n) is 3.59. The zero-order chi connectivity index (χ0) is 12.5. The molecule has 2 rings (SSSR count). The lowest BCUT2D eigenvalue weighted by molar-refractivity contribution is -0.180. The Balaban J connectivity index is 1.84. The summed E-state index contributed by atoms with van der Waals surface area (Å²) in [6.45, 7) is 1.37. The van der Waals surface area contributed by atoms with E-state index in [0.29, 0.717) is 6.42 Å². The molecular weight excluding hydrogens is 233 g/mol. The van der Waals surface area contributed by atoms with Crippen LogP contribution in [-0.2, 0) is 4.79 Å². The Morgan fingerprint density at radius 1 is 1.18 bits per heavy atom. The topological polar surface area (TPSA) is 32.3 Å². The van der Waals surface area contributed by atoms with Crippen LogP contribution in [0.4, 0.5) is 13.2 Å². The summed E-state index contributed by atoms with van der Waals surface area (Å²) in [7, 11) is 0. The molecule has 0 aromatic carbocycles. The standard InChI is InChI=1S/C11H17F3N2O/c12-11(13,14)8-3-4-9(15-7-8)10(17)16-5-1-2-6-16/h8-9,15H,1-7H2. The van der Waals surface area contributed by atoms with Gasteiger partial charge in [0.1, 0.15) is 0 Å². The molecule has 0 aliphatic carbocycles. The number of alkyl halides is 3. The molecule has 2 atom stereocenters. The van der Waals surface area contributed by atoms with Crippen molar-refractivity contribution in [3.8, 4) is 0 Å². The zero-order valence-electron chi connectivity index (χ0n) is 9.59. The minimum absolute atomic E-state index is 0.0249. The average Bonchev–Trinajstić information content (AvgIpc) is 2.80. The molecule has 0 aromatic rings. The van der Waals surface area contributed by atoms with Crippen molar-refractivity contribution < 1.29 is 18.0 Å². The van der Waals surface area contributed by atoms with Gasteiger partial charge in [-0.15, -0.1) is 0 Å². The number of amides is 1. The van der Waals surface area contributed by atoms with E-state index in [-0.39, 0.29) is 18.9 Å². The molecule has 2 heterocycles. The number of halogens is 3. The van der Waals surface area contributed by atoms with Crippen LogP contribution in [0, 0.1) is 5.92 Å². The van der Waals surface area contributed by atoms with Gasteiger partial charge in [0.05, 0.1) is 12.0 Å². The van der Waals surface area contributed by atoms with E-state index in [0.717, 1.165) is 25.9 Å². The Kier molecular flexibility index (Phi) is 3.61. The first-order valence-corrected chi connectivity index (χ1v) is 6.07. The van der Waals surface area contributed by atoms with E-state index < -0.39 is 18.1 Å². The van der Waals surface area contributed by atoms with Gasteiger partial charge in [0.2, 0.25) is 5.91 Å². The van der Waals surface area contributed by atoms with Crippen LogP contribution in [0.5, 0.6) is 0 Å². The van der Waals surface area contributed by atoms with Crippen LogP contribution in [0.25, 0.3) is 0 Å². The summed E-state index contributed by atoms with van der Waals surface area (Å²) in [6.07, 6.45) is -1.79. The first-order chi connectivity index (χ1) is 7.98. The van der Waals surface area contributed by atoms with E-state index >= 15 is 0 Å². The molecule has 6 heteroatoms. The summed E-state index contributed by atoms with van der Waals surface area (Å²) < 4.78 is 37.3. The predicted octanol–water partition coefficient (Wildman–Crippen LogP) is 1.54. The van der Waals surface area contributed by atoms with Gasteiger partial charge in [0, 0.05) is 19.6 Å². The van der Waals surface area contributed by atoms with Crippen molar-refractivity contribution in [1.82, 2.24) is 10.2 Å². The fraction of sp³-hybridized carbons (Fsp3) is 0.909. The maximum absolute atomic E-state index is 12.4. The van der Waals surface area contributed by atoms with E-state index in [1.165, 1.54) is 0 Å². The molecule has 2 aliphatic heterocycles. The van der Waals surface area contributed by atoms with Crippen molar-refractivity contribution in [3.63, 3.8) is 0 Å². The van der Waals surface area contributed by atoms with Gasteiger partial charge in [-0.1, -0.05) is 0 Å². The van der Waals surface area contributed by atoms with Gasteiger partial charge in [0.25, 0.3) is 0 Å². The molecule has 98 valence electrons. The van der Waals surface area contributed by atoms with Crippen molar-refractivity contribution in [1.29, 1.82) is 0 Å². The molecule has 0 bridgehead atoms. The second-order valence-corrected chi connectivity index (χ2v) is 4.81. The Bertz CT molecular complexity index is 279. The highest BCUT2D eigenvalue weighted by molar-refractivity contribution is 5.82. The van der Waals surface area contributed by atoms with Gasteiger partial charge < -0.3 is 10.2 Å². The molecule has 2 unspecified atom stereocenters. The molecule has 2 fully saturated rings. The third-order valence-corrected chi connectivity index (χ3v) is 3.59. The van der Waals surface area contributed by atoms with Gasteiger partial charge in [0.15, 0.2) is 0 Å². The van der Waals surface area contributed by atoms with Gasteiger partial charge >= 0.3 is 6.18 Å². The highest BCUT2D eigenvalue weighted by Crippen LogP contribution is 2.32. The van der Waals surface area contributed by atoms with Gasteiger partial charge in [-0.25, -0.2) is 0 Å². The lowest BCUT2D eigenvalue weighted by atomic mass is 9.93. The Hall–Kier alpha value is -0.780. The van der Waals surface area contributed by atoms with Gasteiger partial charge in [-0.05, 0) is 25.7 Å². The van der Waals surface area contributed by atoms with E-state index in [4.69, 9.17) is 0 Å². The molecular formula is C11H17F3N2O. The van der Waals surface area contributed by atoms with Gasteiger partial charge in [-0.3, -0.25) is 4.79 Å². The van der Waals surface area contributed by atoms with Crippen molar-refractivity contribution in [2.24, 2.45) is 5.92 Å². The first kappa shape index (κ1) is 12.7. The normalized spacial score (nSPS) is 30.6. The largest absolute Gasteiger partial charge is 0.393 e. The minimum atomic E-state index is -4.14. The summed E-state index contributed by atoms with van der Waals surface area (Å²) >= 11 is 0. The lowest BCUT2D eigenvalue weighted by Crippen LogP contribution is -2.51. The number of nitrogens with zero attached hydrogens (tertiary/aromatic N) is 1. The monoisotopic (exact) mass is 250 g/mol. The maximum Gasteiger partial charge on any atom is 0.393 e. The van der Waals surface area contributed by atoms with Crippen LogP contribution in [0.15, 0.2) is 0 Å². The molecule has 17 heavy (non-hydrogen) atoms. The molecule has 0 radical (unpaired) electrons. The predicted molar refractivity (Wildman–Crippen MR) is 56.4 cm³/mol. The second kappa shape index (κ2) is 4.84. The van der Waals surface area contributed by atoms with Crippen LogP contribution in [-0.4, -0.2) is 42.7 Å². The van der Waals surface area contributed by atoms with Crippen LogP contribution in [0.3, 0.4) is 0 Å². The average molecular weight is 250 g/mol. The zero-order valence-corrected chi connectivity index (χ0v) is 9.59. The highest BCUT2D eigenvalue weighted by Gasteiger charge is 2.43. The molecule has 2 aliphatic rings. The molecule has 0 aromatic heterocycles. The second-order valence-electron chi connectivity index (χ2n) is 4.81. The Morgan fingerprint density at radius 2 is 1.82 bits per heavy atom. The number of nitrogens with one attached hydrogen (secondary N) is 1. The Morgan fingerprint density at radius 3 is 2.29 bits per heavy atom. The minimum Gasteiger partial charge on any atom is -0.341 e. The quantitative estimate of drug-likeness (QED) is 0.765. The van der Waals surface area contributed by atoms with Crippen molar-refractivity contribution in [2.75, 3.05) is 19.6 Å². The number of carbonyl (C=O) groups is 1. The first-order valence-electron chi connectivity index (χ1n) is 6.07. The number of piperidine rings is 1. The third kappa shape index (κ3) is 2.91. The molecule has 1 amide bonds. The van der Waals surface area contributed by atoms with Crippen LogP contribution in [0.1, 0.15) is 25.7 Å². The number of likely N-dealkylation sites (tertiary alicyclic amines) is 1. The summed E-state index contributed by atoms with van der Waals surface area (Å²) in [5, 5.41) is 2.74. The number of hydrogen-bond acceptors (Lipinski definition) is 2. The fourth-order valence-corrected chi connectivity index (χ4v) is 2.50. The van der Waals surface area contributed by atoms with Crippen molar-refractivity contribution >= 4 is 5.91 Å². The number of rotatable bonds is 1. The molecule has 2 saturated heterocycles. The van der Waals surface area contributed by atoms with Gasteiger partial charge in [-0.2, -0.15) is 13.2 Å². The van der Waals surface area contributed by atoms with E-state index in [2.05, 4.69) is 5.32 Å². The molecule has 1 N–H and O–H groups in total. The van der Waals surface area contributed by atoms with Crippen LogP contribution < -0.4 is 5.32 Å². The Labute approximate surface area is 98.3 Å². The summed E-state index contributed by atoms with van der Waals surface area (Å²) in [5.41, 5.74) is 0. The smallest absolute Gasteiger partial charge is 0.341 e. The van der Waals surface area contributed by atoms with E-state index in [9.17, 15) is 18.0 Å². The molecule has 0 saturated carbocycles. The maximum atomic E-state index is 12.4. The highest BCUT2D eigenvalue weighted by atomic mass is 19.4. The summed E-state index contributed by atoms with van der Waals surface area (Å²) in [4.78, 5) is 13.7. The number of carbonyl (C=O) groups excluding carboxylic acids is 1. The lowest BCUT2D eigenvalue weighted by Gasteiger charge is -2.32. The fourth-order valence-electron chi connectivity index (χ4n) is 2.50. The molecule has 0 spiro atoms. The van der Waals surface area contributed by atoms with Crippen molar-refractivity contribution in [2.45, 2.75) is 37.9 Å². The molecule has 3 nitrogen and oxygen atoms in total. The summed E-state index contributed by atoms with van der Waals surface area (Å²) in [5.74, 6) is -1.33. The van der Waals surface area contributed by atoms with Crippen LogP contribution >= 0.6 is 0 Å². The van der Waals surface area contributed by atoms with E-state index in [1.54, 1.807) is 4.90 Å². The van der Waals surface area contributed by atoms with Crippen molar-refractivity contribution in [3.05, 3.63) is 0 Å². The van der Waals surface area contributed by atoms with E-state index in [1.807, 2.05) is 0 Å². The number of hydrogen-bond donors (Lipinski definition) is 1.